The molecule has 1 N–H and O–H groups in total. The van der Waals surface area contributed by atoms with Gasteiger partial charge in [-0.3, -0.25) is 0 Å². The molecular weight excluding hydrogens is 264 g/mol. The third-order valence-corrected chi connectivity index (χ3v) is 2.60. The zero-order valence-corrected chi connectivity index (χ0v) is 10.1. The fourth-order valence-electron chi connectivity index (χ4n) is 1.34. The zero-order valence-electron chi connectivity index (χ0n) is 8.51. The highest BCUT2D eigenvalue weighted by atomic mass is 79.9. The lowest BCUT2D eigenvalue weighted by Crippen LogP contribution is -2.32. The van der Waals surface area contributed by atoms with Gasteiger partial charge in [-0.1, -0.05) is 28.1 Å². The van der Waals surface area contributed by atoms with Crippen LogP contribution in [0.3, 0.4) is 0 Å². The first kappa shape index (κ1) is 12.6. The van der Waals surface area contributed by atoms with Crippen molar-refractivity contribution in [3.8, 4) is 0 Å². The molecule has 0 aliphatic rings. The van der Waals surface area contributed by atoms with E-state index in [2.05, 4.69) is 21.2 Å². The number of hydrogen-bond donors (Lipinski definition) is 1. The summed E-state index contributed by atoms with van der Waals surface area (Å²) >= 11 is 3.35. The number of alkyl halides is 2. The van der Waals surface area contributed by atoms with Gasteiger partial charge in [0.05, 0.1) is 6.54 Å². The molecule has 4 heteroatoms. The molecule has 0 radical (unpaired) electrons. The lowest BCUT2D eigenvalue weighted by atomic mass is 10.1. The summed E-state index contributed by atoms with van der Waals surface area (Å²) in [7, 11) is 0. The molecule has 1 rings (SSSR count). The van der Waals surface area contributed by atoms with E-state index in [9.17, 15) is 8.78 Å². The molecule has 84 valence electrons. The van der Waals surface area contributed by atoms with Crippen molar-refractivity contribution in [2.75, 3.05) is 6.54 Å². The molecule has 0 heterocycles. The van der Waals surface area contributed by atoms with E-state index >= 15 is 0 Å². The van der Waals surface area contributed by atoms with Gasteiger partial charge in [0.15, 0.2) is 0 Å². The summed E-state index contributed by atoms with van der Waals surface area (Å²) in [6, 6.07) is 7.96. The van der Waals surface area contributed by atoms with Crippen LogP contribution < -0.4 is 5.32 Å². The van der Waals surface area contributed by atoms with E-state index in [1.165, 1.54) is 0 Å². The molecule has 0 aliphatic heterocycles. The second kappa shape index (κ2) is 6.18. The van der Waals surface area contributed by atoms with Crippen LogP contribution in [0.2, 0.25) is 0 Å². The van der Waals surface area contributed by atoms with Crippen molar-refractivity contribution >= 4 is 15.9 Å². The minimum absolute atomic E-state index is 0.0696. The first-order valence-electron chi connectivity index (χ1n) is 4.84. The van der Waals surface area contributed by atoms with Crippen molar-refractivity contribution in [1.29, 1.82) is 0 Å². The van der Waals surface area contributed by atoms with Crippen molar-refractivity contribution in [1.82, 2.24) is 5.32 Å². The van der Waals surface area contributed by atoms with Crippen molar-refractivity contribution in [3.05, 3.63) is 34.3 Å². The summed E-state index contributed by atoms with van der Waals surface area (Å²) in [6.45, 7) is 1.67. The predicted molar refractivity (Wildman–Crippen MR) is 61.3 cm³/mol. The van der Waals surface area contributed by atoms with Crippen LogP contribution in [-0.4, -0.2) is 19.0 Å². The minimum Gasteiger partial charge on any atom is -0.309 e. The van der Waals surface area contributed by atoms with Crippen LogP contribution in [0.1, 0.15) is 12.5 Å². The van der Waals surface area contributed by atoms with Gasteiger partial charge in [0.25, 0.3) is 6.43 Å². The molecule has 1 atom stereocenters. The van der Waals surface area contributed by atoms with Crippen LogP contribution in [-0.2, 0) is 6.42 Å². The number of nitrogens with one attached hydrogen (secondary N) is 1. The van der Waals surface area contributed by atoms with E-state index in [0.29, 0.717) is 0 Å². The normalized spacial score (nSPS) is 13.1. The van der Waals surface area contributed by atoms with Gasteiger partial charge < -0.3 is 5.32 Å². The summed E-state index contributed by atoms with van der Waals surface area (Å²) in [6.07, 6.45) is -1.52. The number of hydrogen-bond acceptors (Lipinski definition) is 1. The molecule has 1 unspecified atom stereocenters. The van der Waals surface area contributed by atoms with Crippen LogP contribution in [0.5, 0.6) is 0 Å². The fourth-order valence-corrected chi connectivity index (χ4v) is 1.60. The molecule has 0 saturated carbocycles. The summed E-state index contributed by atoms with van der Waals surface area (Å²) in [4.78, 5) is 0. The molecule has 1 aromatic rings. The quantitative estimate of drug-likeness (QED) is 0.872. The van der Waals surface area contributed by atoms with E-state index in [1.54, 1.807) is 0 Å². The minimum atomic E-state index is -2.28. The first-order chi connectivity index (χ1) is 7.08. The van der Waals surface area contributed by atoms with Gasteiger partial charge in [-0.05, 0) is 31.0 Å². The Kier molecular flexibility index (Phi) is 5.19. The third-order valence-electron chi connectivity index (χ3n) is 2.08. The second-order valence-electron chi connectivity index (χ2n) is 3.53. The van der Waals surface area contributed by atoms with Crippen LogP contribution >= 0.6 is 15.9 Å². The maximum atomic E-state index is 11.9. The van der Waals surface area contributed by atoms with Crippen LogP contribution in [0, 0.1) is 0 Å². The number of halogens is 3. The summed E-state index contributed by atoms with van der Waals surface area (Å²) in [5, 5.41) is 2.78. The predicted octanol–water partition coefficient (Wildman–Crippen LogP) is 3.23. The fraction of sp³-hybridized carbons (Fsp3) is 0.455. The van der Waals surface area contributed by atoms with Gasteiger partial charge in [0, 0.05) is 10.5 Å². The molecule has 0 fully saturated rings. The molecule has 0 saturated heterocycles. The molecule has 0 bridgehead atoms. The van der Waals surface area contributed by atoms with Gasteiger partial charge in [-0.2, -0.15) is 0 Å². The Bertz CT molecular complexity index is 287. The molecule has 0 spiro atoms. The topological polar surface area (TPSA) is 12.0 Å². The average Bonchev–Trinajstić information content (AvgIpc) is 2.19. The standard InChI is InChI=1S/C11H14BrF2N/c1-8(15-7-11(13)14)6-9-2-4-10(12)5-3-9/h2-5,8,11,15H,6-7H2,1H3. The van der Waals surface area contributed by atoms with E-state index in [0.717, 1.165) is 16.5 Å². The Morgan fingerprint density at radius 2 is 1.87 bits per heavy atom. The Hall–Kier alpha value is -0.480. The zero-order chi connectivity index (χ0) is 11.3. The largest absolute Gasteiger partial charge is 0.309 e. The summed E-state index contributed by atoms with van der Waals surface area (Å²) < 4.78 is 24.9. The molecule has 15 heavy (non-hydrogen) atoms. The maximum absolute atomic E-state index is 11.9. The highest BCUT2D eigenvalue weighted by Crippen LogP contribution is 2.11. The Morgan fingerprint density at radius 3 is 2.40 bits per heavy atom. The van der Waals surface area contributed by atoms with Crippen molar-refractivity contribution in [3.63, 3.8) is 0 Å². The van der Waals surface area contributed by atoms with Crippen LogP contribution in [0.25, 0.3) is 0 Å². The van der Waals surface area contributed by atoms with Gasteiger partial charge in [0.1, 0.15) is 0 Å². The Balaban J connectivity index is 2.37. The SMILES string of the molecule is CC(Cc1ccc(Br)cc1)NCC(F)F. The lowest BCUT2D eigenvalue weighted by Gasteiger charge is -2.13. The molecule has 0 amide bonds. The van der Waals surface area contributed by atoms with E-state index in [1.807, 2.05) is 31.2 Å². The molecule has 0 aliphatic carbocycles. The average molecular weight is 278 g/mol. The van der Waals surface area contributed by atoms with Crippen LogP contribution in [0.15, 0.2) is 28.7 Å². The lowest BCUT2D eigenvalue weighted by molar-refractivity contribution is 0.142. The summed E-state index contributed by atoms with van der Waals surface area (Å²) in [5.41, 5.74) is 1.15. The van der Waals surface area contributed by atoms with Crippen molar-refractivity contribution < 1.29 is 8.78 Å². The Morgan fingerprint density at radius 1 is 1.27 bits per heavy atom. The van der Waals surface area contributed by atoms with E-state index < -0.39 is 6.43 Å². The van der Waals surface area contributed by atoms with Crippen molar-refractivity contribution in [2.45, 2.75) is 25.8 Å². The molecule has 0 aromatic heterocycles. The molecular formula is C11H14BrF2N. The van der Waals surface area contributed by atoms with Gasteiger partial charge in [-0.15, -0.1) is 0 Å². The molecule has 1 aromatic carbocycles. The van der Waals surface area contributed by atoms with Gasteiger partial charge in [0.2, 0.25) is 0 Å². The summed E-state index contributed by atoms with van der Waals surface area (Å²) in [5.74, 6) is 0. The second-order valence-corrected chi connectivity index (χ2v) is 4.45. The van der Waals surface area contributed by atoms with E-state index in [-0.39, 0.29) is 12.6 Å². The highest BCUT2D eigenvalue weighted by Gasteiger charge is 2.06. The van der Waals surface area contributed by atoms with E-state index in [4.69, 9.17) is 0 Å². The van der Waals surface area contributed by atoms with Crippen LogP contribution in [0.4, 0.5) is 8.78 Å². The number of benzene rings is 1. The smallest absolute Gasteiger partial charge is 0.250 e. The monoisotopic (exact) mass is 277 g/mol. The van der Waals surface area contributed by atoms with Gasteiger partial charge in [-0.25, -0.2) is 8.78 Å². The Labute approximate surface area is 97.0 Å². The van der Waals surface area contributed by atoms with Gasteiger partial charge >= 0.3 is 0 Å². The van der Waals surface area contributed by atoms with Crippen molar-refractivity contribution in [2.24, 2.45) is 0 Å². The first-order valence-corrected chi connectivity index (χ1v) is 5.63. The number of rotatable bonds is 5. The molecule has 1 nitrogen and oxygen atoms in total. The maximum Gasteiger partial charge on any atom is 0.250 e. The highest BCUT2D eigenvalue weighted by molar-refractivity contribution is 9.10. The third kappa shape index (κ3) is 5.23.